The number of fused-ring (bicyclic) bond motifs is 3. The molecule has 0 spiro atoms. The number of halogens is 2. The van der Waals surface area contributed by atoms with Gasteiger partial charge in [-0.2, -0.15) is 0 Å². The maximum Gasteiger partial charge on any atom is 0.164 e. The molecule has 0 bridgehead atoms. The number of para-hydroxylation sites is 2. The summed E-state index contributed by atoms with van der Waals surface area (Å²) in [5, 5.41) is -0.256. The van der Waals surface area contributed by atoms with Gasteiger partial charge in [-0.3, -0.25) is 0 Å². The maximum absolute atomic E-state index is 14.0. The van der Waals surface area contributed by atoms with Crippen molar-refractivity contribution in [1.29, 1.82) is 0 Å². The highest BCUT2D eigenvalue weighted by molar-refractivity contribution is 7.99. The van der Waals surface area contributed by atoms with Crippen LogP contribution >= 0.6 is 11.8 Å². The van der Waals surface area contributed by atoms with Crippen LogP contribution in [0.2, 0.25) is 0 Å². The summed E-state index contributed by atoms with van der Waals surface area (Å²) in [6.45, 7) is 0. The monoisotopic (exact) mass is 288 g/mol. The number of thioether (sulfide) groups is 1. The third-order valence-corrected chi connectivity index (χ3v) is 4.73. The van der Waals surface area contributed by atoms with Crippen LogP contribution in [-0.4, -0.2) is 9.55 Å². The van der Waals surface area contributed by atoms with Gasteiger partial charge in [0.2, 0.25) is 0 Å². The minimum Gasteiger partial charge on any atom is -0.310 e. The molecule has 0 saturated carbocycles. The van der Waals surface area contributed by atoms with E-state index < -0.39 is 11.6 Å². The van der Waals surface area contributed by atoms with Crippen molar-refractivity contribution < 1.29 is 8.78 Å². The molecule has 100 valence electrons. The molecule has 20 heavy (non-hydrogen) atoms. The molecular weight excluding hydrogens is 278 g/mol. The predicted molar refractivity (Wildman–Crippen MR) is 75.5 cm³/mol. The molecule has 0 aliphatic carbocycles. The Morgan fingerprint density at radius 3 is 2.85 bits per heavy atom. The smallest absolute Gasteiger partial charge is 0.164 e. The van der Waals surface area contributed by atoms with E-state index in [2.05, 4.69) is 4.98 Å². The van der Waals surface area contributed by atoms with Gasteiger partial charge in [-0.1, -0.05) is 24.3 Å². The van der Waals surface area contributed by atoms with Crippen LogP contribution < -0.4 is 0 Å². The molecule has 5 heteroatoms. The van der Waals surface area contributed by atoms with Gasteiger partial charge in [0, 0.05) is 5.56 Å². The topological polar surface area (TPSA) is 17.8 Å². The normalized spacial score (nSPS) is 17.6. The van der Waals surface area contributed by atoms with Gasteiger partial charge in [0.05, 0.1) is 16.8 Å². The summed E-state index contributed by atoms with van der Waals surface area (Å²) in [7, 11) is 0. The fourth-order valence-corrected chi connectivity index (χ4v) is 3.88. The van der Waals surface area contributed by atoms with Gasteiger partial charge in [-0.15, -0.1) is 11.8 Å². The van der Waals surface area contributed by atoms with E-state index in [1.165, 1.54) is 0 Å². The highest BCUT2D eigenvalue weighted by atomic mass is 32.2. The van der Waals surface area contributed by atoms with Crippen molar-refractivity contribution >= 4 is 22.8 Å². The minimum atomic E-state index is -0.805. The van der Waals surface area contributed by atoms with Crippen molar-refractivity contribution in [3.8, 4) is 0 Å². The van der Waals surface area contributed by atoms with Crippen LogP contribution in [0, 0.1) is 11.6 Å². The molecule has 1 aromatic heterocycles. The van der Waals surface area contributed by atoms with E-state index >= 15 is 0 Å². The van der Waals surface area contributed by atoms with Crippen LogP contribution in [0.4, 0.5) is 8.78 Å². The van der Waals surface area contributed by atoms with E-state index in [0.29, 0.717) is 11.3 Å². The standard InChI is InChI=1S/C15H10F2N2S/c16-10-5-3-4-9(14(10)17)15-19-12-7-2-1-6-11(12)18-13(19)8-20-15/h1-7,15H,8H2/t15-/m0/s1. The zero-order valence-electron chi connectivity index (χ0n) is 10.4. The van der Waals surface area contributed by atoms with Crippen LogP contribution in [0.15, 0.2) is 42.5 Å². The van der Waals surface area contributed by atoms with E-state index in [1.807, 2.05) is 28.8 Å². The summed E-state index contributed by atoms with van der Waals surface area (Å²) in [5.74, 6) is 0.0384. The van der Waals surface area contributed by atoms with Crippen molar-refractivity contribution in [2.24, 2.45) is 0 Å². The summed E-state index contributed by atoms with van der Waals surface area (Å²) in [5.41, 5.74) is 2.22. The van der Waals surface area contributed by atoms with Crippen LogP contribution in [-0.2, 0) is 5.75 Å². The molecular formula is C15H10F2N2S. The second kappa shape index (κ2) is 4.31. The molecule has 1 aliphatic heterocycles. The molecule has 2 nitrogen and oxygen atoms in total. The fraction of sp³-hybridized carbons (Fsp3) is 0.133. The van der Waals surface area contributed by atoms with Gasteiger partial charge in [-0.05, 0) is 18.2 Å². The summed E-state index contributed by atoms with van der Waals surface area (Å²) >= 11 is 1.56. The Labute approximate surface area is 118 Å². The summed E-state index contributed by atoms with van der Waals surface area (Å²) in [6.07, 6.45) is 0. The largest absolute Gasteiger partial charge is 0.310 e. The molecule has 0 fully saturated rings. The number of benzene rings is 2. The highest BCUT2D eigenvalue weighted by Gasteiger charge is 2.30. The molecule has 1 atom stereocenters. The first kappa shape index (κ1) is 11.9. The Morgan fingerprint density at radius 1 is 1.10 bits per heavy atom. The Hall–Kier alpha value is -1.88. The van der Waals surface area contributed by atoms with Gasteiger partial charge in [0.15, 0.2) is 11.6 Å². The first-order valence-corrected chi connectivity index (χ1v) is 7.32. The predicted octanol–water partition coefficient (Wildman–Crippen LogP) is 4.11. The number of imidazole rings is 1. The second-order valence-corrected chi connectivity index (χ2v) is 5.76. The number of rotatable bonds is 1. The highest BCUT2D eigenvalue weighted by Crippen LogP contribution is 2.43. The molecule has 1 aliphatic rings. The summed E-state index contributed by atoms with van der Waals surface area (Å²) in [6, 6.07) is 12.1. The average Bonchev–Trinajstić information content (AvgIpc) is 3.01. The van der Waals surface area contributed by atoms with Crippen molar-refractivity contribution in [3.05, 3.63) is 65.5 Å². The molecule has 4 rings (SSSR count). The molecule has 0 saturated heterocycles. The van der Waals surface area contributed by atoms with Crippen LogP contribution in [0.3, 0.4) is 0 Å². The number of aromatic nitrogens is 2. The van der Waals surface area contributed by atoms with Crippen molar-refractivity contribution in [2.75, 3.05) is 0 Å². The molecule has 0 N–H and O–H groups in total. The SMILES string of the molecule is Fc1cccc([C@@H]2SCc3nc4ccccc4n32)c1F. The fourth-order valence-electron chi connectivity index (χ4n) is 2.63. The lowest BCUT2D eigenvalue weighted by Crippen LogP contribution is -2.06. The van der Waals surface area contributed by atoms with E-state index in [9.17, 15) is 8.78 Å². The lowest BCUT2D eigenvalue weighted by Gasteiger charge is -2.15. The zero-order valence-corrected chi connectivity index (χ0v) is 11.2. The van der Waals surface area contributed by atoms with Crippen LogP contribution in [0.1, 0.15) is 16.8 Å². The van der Waals surface area contributed by atoms with E-state index in [4.69, 9.17) is 0 Å². The Bertz CT molecular complexity index is 813. The Kier molecular flexibility index (Phi) is 2.57. The van der Waals surface area contributed by atoms with Crippen LogP contribution in [0.25, 0.3) is 11.0 Å². The maximum atomic E-state index is 14.0. The number of hydrogen-bond acceptors (Lipinski definition) is 2. The van der Waals surface area contributed by atoms with Gasteiger partial charge in [-0.25, -0.2) is 13.8 Å². The van der Waals surface area contributed by atoms with Crippen molar-refractivity contribution in [1.82, 2.24) is 9.55 Å². The van der Waals surface area contributed by atoms with Gasteiger partial charge in [0.25, 0.3) is 0 Å². The first-order chi connectivity index (χ1) is 9.75. The Morgan fingerprint density at radius 2 is 1.95 bits per heavy atom. The lowest BCUT2D eigenvalue weighted by molar-refractivity contribution is 0.495. The van der Waals surface area contributed by atoms with Gasteiger partial charge in [0.1, 0.15) is 11.2 Å². The minimum absolute atomic E-state index is 0.256. The van der Waals surface area contributed by atoms with Crippen molar-refractivity contribution in [3.63, 3.8) is 0 Å². The van der Waals surface area contributed by atoms with E-state index in [-0.39, 0.29) is 5.37 Å². The summed E-state index contributed by atoms with van der Waals surface area (Å²) < 4.78 is 29.5. The first-order valence-electron chi connectivity index (χ1n) is 6.27. The van der Waals surface area contributed by atoms with E-state index in [0.717, 1.165) is 22.9 Å². The third kappa shape index (κ3) is 1.59. The lowest BCUT2D eigenvalue weighted by atomic mass is 10.2. The van der Waals surface area contributed by atoms with Crippen molar-refractivity contribution in [2.45, 2.75) is 11.1 Å². The second-order valence-electron chi connectivity index (χ2n) is 4.69. The molecule has 3 aromatic rings. The molecule has 2 heterocycles. The molecule has 0 radical (unpaired) electrons. The van der Waals surface area contributed by atoms with Gasteiger partial charge < -0.3 is 4.57 Å². The third-order valence-electron chi connectivity index (χ3n) is 3.52. The quantitative estimate of drug-likeness (QED) is 0.670. The Balaban J connectivity index is 1.94. The zero-order chi connectivity index (χ0) is 13.7. The number of hydrogen-bond donors (Lipinski definition) is 0. The molecule has 0 amide bonds. The van der Waals surface area contributed by atoms with E-state index in [1.54, 1.807) is 23.9 Å². The molecule has 0 unspecified atom stereocenters. The number of nitrogens with zero attached hydrogens (tertiary/aromatic N) is 2. The average molecular weight is 288 g/mol. The summed E-state index contributed by atoms with van der Waals surface area (Å²) in [4.78, 5) is 4.55. The molecule has 2 aromatic carbocycles. The van der Waals surface area contributed by atoms with Gasteiger partial charge >= 0.3 is 0 Å². The van der Waals surface area contributed by atoms with Crippen LogP contribution in [0.5, 0.6) is 0 Å².